The highest BCUT2D eigenvalue weighted by molar-refractivity contribution is 5.92. The summed E-state index contributed by atoms with van der Waals surface area (Å²) >= 11 is 0. The summed E-state index contributed by atoms with van der Waals surface area (Å²) in [5.74, 6) is -0.0451. The standard InChI is InChI=1S/C22H19N3O/c1-16-5-7-17(8-6-16)14-22(26)25-20-11-9-19(10-12-20)24-21-4-2-3-18(13-21)15-23/h2-13,24H,14H2,1H3,(H,25,26). The van der Waals surface area contributed by atoms with E-state index >= 15 is 0 Å². The zero-order valence-electron chi connectivity index (χ0n) is 14.5. The molecule has 0 aliphatic carbocycles. The van der Waals surface area contributed by atoms with Crippen molar-refractivity contribution < 1.29 is 4.79 Å². The normalized spacial score (nSPS) is 10.0. The van der Waals surface area contributed by atoms with Gasteiger partial charge in [0.05, 0.1) is 18.1 Å². The summed E-state index contributed by atoms with van der Waals surface area (Å²) in [4.78, 5) is 12.2. The Hall–Kier alpha value is -3.58. The Morgan fingerprint density at radius 3 is 2.31 bits per heavy atom. The maximum Gasteiger partial charge on any atom is 0.228 e. The van der Waals surface area contributed by atoms with Crippen molar-refractivity contribution in [2.45, 2.75) is 13.3 Å². The number of nitrogens with zero attached hydrogens (tertiary/aromatic N) is 1. The third kappa shape index (κ3) is 4.71. The summed E-state index contributed by atoms with van der Waals surface area (Å²) in [5, 5.41) is 15.1. The highest BCUT2D eigenvalue weighted by atomic mass is 16.1. The summed E-state index contributed by atoms with van der Waals surface area (Å²) in [6.45, 7) is 2.02. The molecule has 0 unspecified atom stereocenters. The van der Waals surface area contributed by atoms with Gasteiger partial charge in [0, 0.05) is 17.1 Å². The van der Waals surface area contributed by atoms with Crippen LogP contribution in [0, 0.1) is 18.3 Å². The predicted molar refractivity (Wildman–Crippen MR) is 104 cm³/mol. The van der Waals surface area contributed by atoms with Crippen LogP contribution >= 0.6 is 0 Å². The average Bonchev–Trinajstić information content (AvgIpc) is 2.65. The topological polar surface area (TPSA) is 64.9 Å². The summed E-state index contributed by atoms with van der Waals surface area (Å²) < 4.78 is 0. The van der Waals surface area contributed by atoms with Gasteiger partial charge in [0.2, 0.25) is 5.91 Å². The van der Waals surface area contributed by atoms with Crippen LogP contribution in [0.2, 0.25) is 0 Å². The zero-order valence-corrected chi connectivity index (χ0v) is 14.5. The fourth-order valence-electron chi connectivity index (χ4n) is 2.57. The Kier molecular flexibility index (Phi) is 5.31. The van der Waals surface area contributed by atoms with E-state index in [1.165, 1.54) is 5.56 Å². The smallest absolute Gasteiger partial charge is 0.228 e. The molecule has 0 atom stereocenters. The Morgan fingerprint density at radius 1 is 0.923 bits per heavy atom. The second-order valence-corrected chi connectivity index (χ2v) is 6.11. The Balaban J connectivity index is 1.59. The number of rotatable bonds is 5. The van der Waals surface area contributed by atoms with E-state index in [1.54, 1.807) is 12.1 Å². The van der Waals surface area contributed by atoms with Crippen molar-refractivity contribution in [1.29, 1.82) is 5.26 Å². The third-order valence-electron chi connectivity index (χ3n) is 3.93. The van der Waals surface area contributed by atoms with Crippen LogP contribution in [0.4, 0.5) is 17.1 Å². The van der Waals surface area contributed by atoms with Crippen LogP contribution in [0.15, 0.2) is 72.8 Å². The maximum absolute atomic E-state index is 12.2. The molecule has 0 saturated heterocycles. The molecule has 0 fully saturated rings. The molecular weight excluding hydrogens is 322 g/mol. The molecule has 0 aliphatic heterocycles. The molecule has 0 saturated carbocycles. The van der Waals surface area contributed by atoms with Crippen molar-refractivity contribution in [3.05, 3.63) is 89.5 Å². The monoisotopic (exact) mass is 341 g/mol. The first-order valence-electron chi connectivity index (χ1n) is 8.35. The summed E-state index contributed by atoms with van der Waals surface area (Å²) in [6, 6.07) is 24.8. The fourth-order valence-corrected chi connectivity index (χ4v) is 2.57. The van der Waals surface area contributed by atoms with Crippen molar-refractivity contribution in [3.8, 4) is 6.07 Å². The minimum atomic E-state index is -0.0451. The van der Waals surface area contributed by atoms with Crippen molar-refractivity contribution in [2.24, 2.45) is 0 Å². The van der Waals surface area contributed by atoms with Crippen molar-refractivity contribution in [3.63, 3.8) is 0 Å². The number of benzene rings is 3. The third-order valence-corrected chi connectivity index (χ3v) is 3.93. The molecule has 0 heterocycles. The van der Waals surface area contributed by atoms with Crippen LogP contribution in [0.25, 0.3) is 0 Å². The number of aryl methyl sites for hydroxylation is 1. The molecule has 0 radical (unpaired) electrons. The second kappa shape index (κ2) is 8.00. The van der Waals surface area contributed by atoms with Gasteiger partial charge in [0.25, 0.3) is 0 Å². The van der Waals surface area contributed by atoms with Crippen molar-refractivity contribution >= 4 is 23.0 Å². The number of carbonyl (C=O) groups excluding carboxylic acids is 1. The highest BCUT2D eigenvalue weighted by Gasteiger charge is 2.04. The van der Waals surface area contributed by atoms with Gasteiger partial charge in [-0.3, -0.25) is 4.79 Å². The molecule has 0 aliphatic rings. The van der Waals surface area contributed by atoms with E-state index in [1.807, 2.05) is 67.6 Å². The lowest BCUT2D eigenvalue weighted by Crippen LogP contribution is -2.14. The summed E-state index contributed by atoms with van der Waals surface area (Å²) in [5.41, 5.74) is 5.26. The molecule has 0 spiro atoms. The minimum Gasteiger partial charge on any atom is -0.355 e. The van der Waals surface area contributed by atoms with Gasteiger partial charge in [0.15, 0.2) is 0 Å². The van der Waals surface area contributed by atoms with Crippen LogP contribution in [-0.2, 0) is 11.2 Å². The van der Waals surface area contributed by atoms with Crippen LogP contribution in [0.3, 0.4) is 0 Å². The zero-order chi connectivity index (χ0) is 18.4. The lowest BCUT2D eigenvalue weighted by molar-refractivity contribution is -0.115. The molecule has 0 bridgehead atoms. The molecule has 3 rings (SSSR count). The van der Waals surface area contributed by atoms with Gasteiger partial charge in [-0.1, -0.05) is 35.9 Å². The molecule has 1 amide bonds. The van der Waals surface area contributed by atoms with Gasteiger partial charge < -0.3 is 10.6 Å². The van der Waals surface area contributed by atoms with Crippen molar-refractivity contribution in [2.75, 3.05) is 10.6 Å². The molecule has 3 aromatic rings. The largest absolute Gasteiger partial charge is 0.355 e. The van der Waals surface area contributed by atoms with E-state index < -0.39 is 0 Å². The molecule has 2 N–H and O–H groups in total. The predicted octanol–water partition coefficient (Wildman–Crippen LogP) is 4.79. The Labute approximate surface area is 153 Å². The van der Waals surface area contributed by atoms with Crippen molar-refractivity contribution in [1.82, 2.24) is 0 Å². The van der Waals surface area contributed by atoms with E-state index in [9.17, 15) is 4.79 Å². The van der Waals surface area contributed by atoms with Crippen LogP contribution in [0.5, 0.6) is 0 Å². The summed E-state index contributed by atoms with van der Waals surface area (Å²) in [7, 11) is 0. The van der Waals surface area contributed by atoms with Crippen LogP contribution in [0.1, 0.15) is 16.7 Å². The Morgan fingerprint density at radius 2 is 1.62 bits per heavy atom. The SMILES string of the molecule is Cc1ccc(CC(=O)Nc2ccc(Nc3cccc(C#N)c3)cc2)cc1. The molecule has 26 heavy (non-hydrogen) atoms. The highest BCUT2D eigenvalue weighted by Crippen LogP contribution is 2.20. The molecular formula is C22H19N3O. The fraction of sp³-hybridized carbons (Fsp3) is 0.0909. The van der Waals surface area contributed by atoms with E-state index in [4.69, 9.17) is 5.26 Å². The number of carbonyl (C=O) groups is 1. The maximum atomic E-state index is 12.2. The van der Waals surface area contributed by atoms with Gasteiger partial charge in [-0.25, -0.2) is 0 Å². The molecule has 4 nitrogen and oxygen atoms in total. The van der Waals surface area contributed by atoms with Gasteiger partial charge in [-0.2, -0.15) is 5.26 Å². The second-order valence-electron chi connectivity index (χ2n) is 6.11. The van der Waals surface area contributed by atoms with Gasteiger partial charge in [-0.15, -0.1) is 0 Å². The minimum absolute atomic E-state index is 0.0451. The number of amides is 1. The molecule has 128 valence electrons. The first-order valence-corrected chi connectivity index (χ1v) is 8.35. The number of hydrogen-bond donors (Lipinski definition) is 2. The quantitative estimate of drug-likeness (QED) is 0.701. The molecule has 3 aromatic carbocycles. The summed E-state index contributed by atoms with van der Waals surface area (Å²) in [6.07, 6.45) is 0.348. The first kappa shape index (κ1) is 17.2. The van der Waals surface area contributed by atoms with Crippen LogP contribution in [-0.4, -0.2) is 5.91 Å². The van der Waals surface area contributed by atoms with E-state index in [-0.39, 0.29) is 5.91 Å². The Bertz CT molecular complexity index is 938. The molecule has 4 heteroatoms. The lowest BCUT2D eigenvalue weighted by atomic mass is 10.1. The van der Waals surface area contributed by atoms with Gasteiger partial charge in [-0.05, 0) is 55.0 Å². The van der Waals surface area contributed by atoms with Crippen LogP contribution < -0.4 is 10.6 Å². The van der Waals surface area contributed by atoms with E-state index in [0.29, 0.717) is 12.0 Å². The first-order chi connectivity index (χ1) is 12.6. The number of anilines is 3. The number of nitriles is 1. The average molecular weight is 341 g/mol. The van der Waals surface area contributed by atoms with Gasteiger partial charge in [0.1, 0.15) is 0 Å². The van der Waals surface area contributed by atoms with Gasteiger partial charge >= 0.3 is 0 Å². The van der Waals surface area contributed by atoms with E-state index in [2.05, 4.69) is 16.7 Å². The number of hydrogen-bond acceptors (Lipinski definition) is 3. The lowest BCUT2D eigenvalue weighted by Gasteiger charge is -2.09. The number of nitrogens with one attached hydrogen (secondary N) is 2. The van der Waals surface area contributed by atoms with E-state index in [0.717, 1.165) is 22.6 Å². The molecule has 0 aromatic heterocycles.